The van der Waals surface area contributed by atoms with Crippen molar-refractivity contribution in [1.29, 1.82) is 0 Å². The second-order valence-corrected chi connectivity index (χ2v) is 5.30. The van der Waals surface area contributed by atoms with Gasteiger partial charge in [-0.15, -0.1) is 0 Å². The van der Waals surface area contributed by atoms with E-state index in [0.29, 0.717) is 17.2 Å². The van der Waals surface area contributed by atoms with Crippen molar-refractivity contribution in [2.75, 3.05) is 0 Å². The standard InChI is InChI=1S/C18H15FN2O2/c1-12-2-4-13(5-3-12)16-11-21(17(20-16)10-18(22)23)15-8-6-14(19)7-9-15/h2-9,11H,10H2,1H3,(H,22,23)/p-1. The molecule has 0 fully saturated rings. The summed E-state index contributed by atoms with van der Waals surface area (Å²) in [4.78, 5) is 15.4. The molecule has 3 aromatic rings. The summed E-state index contributed by atoms with van der Waals surface area (Å²) in [6.45, 7) is 1.99. The van der Waals surface area contributed by atoms with Gasteiger partial charge in [-0.05, 0) is 31.2 Å². The molecule has 3 rings (SSSR count). The highest BCUT2D eigenvalue weighted by Crippen LogP contribution is 2.22. The minimum atomic E-state index is -1.21. The molecule has 0 unspecified atom stereocenters. The Balaban J connectivity index is 2.08. The Morgan fingerprint density at radius 2 is 1.78 bits per heavy atom. The van der Waals surface area contributed by atoms with Gasteiger partial charge in [0.15, 0.2) is 0 Å². The topological polar surface area (TPSA) is 58.0 Å². The Hall–Kier alpha value is -2.95. The van der Waals surface area contributed by atoms with E-state index in [4.69, 9.17) is 0 Å². The van der Waals surface area contributed by atoms with Crippen LogP contribution in [0.3, 0.4) is 0 Å². The van der Waals surface area contributed by atoms with Gasteiger partial charge in [0.2, 0.25) is 0 Å². The monoisotopic (exact) mass is 309 g/mol. The zero-order chi connectivity index (χ0) is 16.4. The second kappa shape index (κ2) is 6.04. The van der Waals surface area contributed by atoms with Crippen LogP contribution < -0.4 is 5.11 Å². The zero-order valence-corrected chi connectivity index (χ0v) is 12.5. The van der Waals surface area contributed by atoms with Crippen molar-refractivity contribution in [2.24, 2.45) is 0 Å². The number of aromatic nitrogens is 2. The molecule has 0 aliphatic carbocycles. The Morgan fingerprint density at radius 1 is 1.13 bits per heavy atom. The molecule has 1 aromatic heterocycles. The van der Waals surface area contributed by atoms with Gasteiger partial charge in [0.1, 0.15) is 11.6 Å². The molecule has 116 valence electrons. The van der Waals surface area contributed by atoms with E-state index in [1.807, 2.05) is 31.2 Å². The summed E-state index contributed by atoms with van der Waals surface area (Å²) in [5.74, 6) is -1.23. The molecule has 4 nitrogen and oxygen atoms in total. The van der Waals surface area contributed by atoms with Gasteiger partial charge in [0.05, 0.1) is 5.69 Å². The SMILES string of the molecule is Cc1ccc(-c2cn(-c3ccc(F)cc3)c(CC(=O)[O-])n2)cc1. The van der Waals surface area contributed by atoms with E-state index >= 15 is 0 Å². The molecule has 0 radical (unpaired) electrons. The summed E-state index contributed by atoms with van der Waals surface area (Å²) in [6.07, 6.45) is 1.43. The lowest BCUT2D eigenvalue weighted by molar-refractivity contribution is -0.304. The van der Waals surface area contributed by atoms with Crippen molar-refractivity contribution < 1.29 is 14.3 Å². The molecule has 0 saturated heterocycles. The number of carbonyl (C=O) groups is 1. The third-order valence-corrected chi connectivity index (χ3v) is 3.53. The van der Waals surface area contributed by atoms with Crippen LogP contribution in [-0.4, -0.2) is 15.5 Å². The first kappa shape index (κ1) is 15.0. The van der Waals surface area contributed by atoms with Gasteiger partial charge in [-0.25, -0.2) is 9.37 Å². The number of imidazole rings is 1. The summed E-state index contributed by atoms with van der Waals surface area (Å²) < 4.78 is 14.7. The molecule has 0 saturated carbocycles. The van der Waals surface area contributed by atoms with Crippen LogP contribution in [0.4, 0.5) is 4.39 Å². The number of aryl methyl sites for hydroxylation is 1. The van der Waals surface area contributed by atoms with Gasteiger partial charge < -0.3 is 14.5 Å². The first-order chi connectivity index (χ1) is 11.0. The number of halogens is 1. The summed E-state index contributed by atoms with van der Waals surface area (Å²) >= 11 is 0. The summed E-state index contributed by atoms with van der Waals surface area (Å²) in [5, 5.41) is 11.0. The summed E-state index contributed by atoms with van der Waals surface area (Å²) in [7, 11) is 0. The Morgan fingerprint density at radius 3 is 2.39 bits per heavy atom. The molecule has 0 amide bonds. The van der Waals surface area contributed by atoms with Gasteiger partial charge in [-0.1, -0.05) is 29.8 Å². The normalized spacial score (nSPS) is 10.7. The van der Waals surface area contributed by atoms with Gasteiger partial charge in [-0.2, -0.15) is 0 Å². The average molecular weight is 309 g/mol. The van der Waals surface area contributed by atoms with E-state index in [-0.39, 0.29) is 12.2 Å². The van der Waals surface area contributed by atoms with Crippen LogP contribution in [0.2, 0.25) is 0 Å². The average Bonchev–Trinajstić information content (AvgIpc) is 2.92. The highest BCUT2D eigenvalue weighted by atomic mass is 19.1. The molecule has 2 aromatic carbocycles. The number of carboxylic acid groups (broad SMARTS) is 1. The van der Waals surface area contributed by atoms with Crippen molar-refractivity contribution in [1.82, 2.24) is 9.55 Å². The summed E-state index contributed by atoms with van der Waals surface area (Å²) in [5.41, 5.74) is 3.32. The maximum absolute atomic E-state index is 13.1. The number of hydrogen-bond acceptors (Lipinski definition) is 3. The number of carboxylic acids is 1. The van der Waals surface area contributed by atoms with Crippen LogP contribution in [0.1, 0.15) is 11.4 Å². The van der Waals surface area contributed by atoms with Crippen LogP contribution in [-0.2, 0) is 11.2 Å². The number of benzene rings is 2. The van der Waals surface area contributed by atoms with Crippen LogP contribution in [0.15, 0.2) is 54.7 Å². The maximum Gasteiger partial charge on any atom is 0.123 e. The van der Waals surface area contributed by atoms with Crippen LogP contribution in [0.25, 0.3) is 16.9 Å². The van der Waals surface area contributed by atoms with Gasteiger partial charge >= 0.3 is 0 Å². The molecule has 5 heteroatoms. The fourth-order valence-corrected chi connectivity index (χ4v) is 2.36. The van der Waals surface area contributed by atoms with Crippen molar-refractivity contribution in [3.63, 3.8) is 0 Å². The largest absolute Gasteiger partial charge is 0.550 e. The molecule has 0 atom stereocenters. The third-order valence-electron chi connectivity index (χ3n) is 3.53. The van der Waals surface area contributed by atoms with Crippen LogP contribution in [0, 0.1) is 12.7 Å². The molecular formula is C18H14FN2O2-. The predicted molar refractivity (Wildman–Crippen MR) is 82.4 cm³/mol. The van der Waals surface area contributed by atoms with E-state index in [9.17, 15) is 14.3 Å². The first-order valence-corrected chi connectivity index (χ1v) is 7.14. The third kappa shape index (κ3) is 3.29. The summed E-state index contributed by atoms with van der Waals surface area (Å²) in [6, 6.07) is 13.6. The highest BCUT2D eigenvalue weighted by molar-refractivity contribution is 5.68. The lowest BCUT2D eigenvalue weighted by Crippen LogP contribution is -2.25. The highest BCUT2D eigenvalue weighted by Gasteiger charge is 2.11. The van der Waals surface area contributed by atoms with Crippen molar-refractivity contribution in [3.8, 4) is 16.9 Å². The van der Waals surface area contributed by atoms with E-state index in [1.165, 1.54) is 12.1 Å². The molecule has 0 aliphatic heterocycles. The fraction of sp³-hybridized carbons (Fsp3) is 0.111. The smallest absolute Gasteiger partial charge is 0.123 e. The predicted octanol–water partition coefficient (Wildman–Crippen LogP) is 2.28. The Labute approximate surface area is 132 Å². The van der Waals surface area contributed by atoms with Crippen molar-refractivity contribution in [2.45, 2.75) is 13.3 Å². The van der Waals surface area contributed by atoms with E-state index in [2.05, 4.69) is 4.98 Å². The molecule has 0 aliphatic rings. The molecule has 23 heavy (non-hydrogen) atoms. The molecule has 1 heterocycles. The molecular weight excluding hydrogens is 295 g/mol. The Bertz CT molecular complexity index is 836. The Kier molecular flexibility index (Phi) is 3.93. The number of rotatable bonds is 4. The second-order valence-electron chi connectivity index (χ2n) is 5.30. The molecule has 0 bridgehead atoms. The van der Waals surface area contributed by atoms with Gasteiger partial charge in [0.25, 0.3) is 0 Å². The number of carbonyl (C=O) groups excluding carboxylic acids is 1. The quantitative estimate of drug-likeness (QED) is 0.743. The van der Waals surface area contributed by atoms with E-state index < -0.39 is 5.97 Å². The van der Waals surface area contributed by atoms with Crippen molar-refractivity contribution in [3.05, 3.63) is 71.9 Å². The minimum Gasteiger partial charge on any atom is -0.550 e. The number of aliphatic carboxylic acids is 1. The van der Waals surface area contributed by atoms with Gasteiger partial charge in [-0.3, -0.25) is 0 Å². The van der Waals surface area contributed by atoms with Gasteiger partial charge in [0, 0.05) is 29.8 Å². The maximum atomic E-state index is 13.1. The fourth-order valence-electron chi connectivity index (χ4n) is 2.36. The first-order valence-electron chi connectivity index (χ1n) is 7.14. The van der Waals surface area contributed by atoms with E-state index in [1.54, 1.807) is 22.9 Å². The molecule has 0 spiro atoms. The number of hydrogen-bond donors (Lipinski definition) is 0. The lowest BCUT2D eigenvalue weighted by Gasteiger charge is -2.07. The number of nitrogens with zero attached hydrogens (tertiary/aromatic N) is 2. The lowest BCUT2D eigenvalue weighted by atomic mass is 10.1. The molecule has 0 N–H and O–H groups in total. The van der Waals surface area contributed by atoms with Crippen molar-refractivity contribution >= 4 is 5.97 Å². The van der Waals surface area contributed by atoms with Crippen LogP contribution in [0.5, 0.6) is 0 Å². The van der Waals surface area contributed by atoms with E-state index in [0.717, 1.165) is 11.1 Å². The van der Waals surface area contributed by atoms with Crippen LogP contribution >= 0.6 is 0 Å². The zero-order valence-electron chi connectivity index (χ0n) is 12.5. The minimum absolute atomic E-state index is 0.316.